The number of benzene rings is 3. The molecule has 188 valence electrons. The Balaban J connectivity index is 1.92. The van der Waals surface area contributed by atoms with Gasteiger partial charge in [0.1, 0.15) is 6.54 Å². The highest BCUT2D eigenvalue weighted by Gasteiger charge is 2.28. The second-order valence-electron chi connectivity index (χ2n) is 7.40. The third kappa shape index (κ3) is 5.96. The molecule has 0 aliphatic heterocycles. The highest BCUT2D eigenvalue weighted by Crippen LogP contribution is 2.33. The SMILES string of the molecule is COc1ccc(N(CC(=O)N/N=C(/C)c2cccc([N+](=O)[O-])c2)S(=O)(=O)c2ccccc2)cc1OC. The molecular weight excluding hydrogens is 488 g/mol. The van der Waals surface area contributed by atoms with Crippen molar-refractivity contribution in [2.75, 3.05) is 25.1 Å². The number of nitro groups is 1. The Labute approximate surface area is 208 Å². The third-order valence-electron chi connectivity index (χ3n) is 5.10. The second-order valence-corrected chi connectivity index (χ2v) is 9.27. The molecule has 3 rings (SSSR count). The van der Waals surface area contributed by atoms with Crippen molar-refractivity contribution in [3.63, 3.8) is 0 Å². The quantitative estimate of drug-likeness (QED) is 0.249. The fourth-order valence-electron chi connectivity index (χ4n) is 3.24. The monoisotopic (exact) mass is 512 g/mol. The Morgan fingerprint density at radius 3 is 2.33 bits per heavy atom. The number of carbonyl (C=O) groups is 1. The van der Waals surface area contributed by atoms with E-state index in [1.54, 1.807) is 31.2 Å². The topological polar surface area (TPSA) is 140 Å². The van der Waals surface area contributed by atoms with Crippen LogP contribution in [0.1, 0.15) is 12.5 Å². The first-order chi connectivity index (χ1) is 17.2. The van der Waals surface area contributed by atoms with Gasteiger partial charge < -0.3 is 9.47 Å². The van der Waals surface area contributed by atoms with Crippen molar-refractivity contribution in [2.24, 2.45) is 5.10 Å². The van der Waals surface area contributed by atoms with E-state index in [9.17, 15) is 23.3 Å². The minimum absolute atomic E-state index is 0.0103. The number of nitro benzene ring substituents is 1. The third-order valence-corrected chi connectivity index (χ3v) is 6.88. The highest BCUT2D eigenvalue weighted by atomic mass is 32.2. The number of carbonyl (C=O) groups excluding carboxylic acids is 1. The summed E-state index contributed by atoms with van der Waals surface area (Å²) in [6, 6.07) is 17.9. The van der Waals surface area contributed by atoms with Gasteiger partial charge in [-0.2, -0.15) is 5.10 Å². The maximum Gasteiger partial charge on any atom is 0.270 e. The van der Waals surface area contributed by atoms with Gasteiger partial charge in [0, 0.05) is 23.8 Å². The van der Waals surface area contributed by atoms with Crippen LogP contribution < -0.4 is 19.2 Å². The summed E-state index contributed by atoms with van der Waals surface area (Å²) in [6.07, 6.45) is 0. The molecule has 0 radical (unpaired) electrons. The summed E-state index contributed by atoms with van der Waals surface area (Å²) >= 11 is 0. The van der Waals surface area contributed by atoms with E-state index < -0.39 is 27.4 Å². The molecule has 11 nitrogen and oxygen atoms in total. The standard InChI is InChI=1S/C24H24N4O7S/c1-17(18-8-7-9-20(14-18)28(30)31)25-26-24(29)16-27(36(32,33)21-10-5-4-6-11-21)19-12-13-22(34-2)23(15-19)35-3/h4-15H,16H2,1-3H3,(H,26,29)/b25-17-. The molecule has 0 spiro atoms. The minimum Gasteiger partial charge on any atom is -0.493 e. The number of ether oxygens (including phenoxy) is 2. The Morgan fingerprint density at radius 2 is 1.69 bits per heavy atom. The number of methoxy groups -OCH3 is 2. The van der Waals surface area contributed by atoms with Crippen LogP contribution in [0.4, 0.5) is 11.4 Å². The summed E-state index contributed by atoms with van der Waals surface area (Å²) in [4.78, 5) is 23.3. The summed E-state index contributed by atoms with van der Waals surface area (Å²) in [5.41, 5.74) is 3.10. The number of nitrogens with zero attached hydrogens (tertiary/aromatic N) is 3. The minimum atomic E-state index is -4.15. The molecule has 0 aliphatic carbocycles. The van der Waals surface area contributed by atoms with Gasteiger partial charge in [-0.25, -0.2) is 13.8 Å². The van der Waals surface area contributed by atoms with Crippen molar-refractivity contribution in [1.82, 2.24) is 5.43 Å². The predicted octanol–water partition coefficient (Wildman–Crippen LogP) is 3.35. The molecule has 1 amide bonds. The van der Waals surface area contributed by atoms with E-state index in [-0.39, 0.29) is 22.0 Å². The lowest BCUT2D eigenvalue weighted by Gasteiger charge is -2.24. The van der Waals surface area contributed by atoms with Crippen molar-refractivity contribution in [1.29, 1.82) is 0 Å². The van der Waals surface area contributed by atoms with Crippen LogP contribution in [0.25, 0.3) is 0 Å². The first kappa shape index (κ1) is 26.2. The number of non-ortho nitro benzene ring substituents is 1. The number of hydrogen-bond acceptors (Lipinski definition) is 8. The van der Waals surface area contributed by atoms with Gasteiger partial charge in [0.05, 0.1) is 35.4 Å². The molecule has 0 saturated carbocycles. The van der Waals surface area contributed by atoms with E-state index in [1.165, 1.54) is 62.8 Å². The van der Waals surface area contributed by atoms with Crippen molar-refractivity contribution < 1.29 is 27.6 Å². The number of rotatable bonds is 10. The van der Waals surface area contributed by atoms with Gasteiger partial charge in [0.15, 0.2) is 11.5 Å². The molecule has 0 aromatic heterocycles. The Bertz CT molecular complexity index is 1390. The number of hydrogen-bond donors (Lipinski definition) is 1. The lowest BCUT2D eigenvalue weighted by atomic mass is 10.1. The zero-order chi connectivity index (χ0) is 26.3. The van der Waals surface area contributed by atoms with Crippen molar-refractivity contribution >= 4 is 33.0 Å². The molecule has 3 aromatic rings. The average molecular weight is 513 g/mol. The van der Waals surface area contributed by atoms with Gasteiger partial charge in [-0.3, -0.25) is 19.2 Å². The first-order valence-electron chi connectivity index (χ1n) is 10.5. The van der Waals surface area contributed by atoms with Gasteiger partial charge in [-0.1, -0.05) is 30.3 Å². The van der Waals surface area contributed by atoms with Crippen LogP contribution in [0.5, 0.6) is 11.5 Å². The lowest BCUT2D eigenvalue weighted by molar-refractivity contribution is -0.384. The van der Waals surface area contributed by atoms with Crippen LogP contribution >= 0.6 is 0 Å². The molecule has 0 fully saturated rings. The molecule has 1 N–H and O–H groups in total. The highest BCUT2D eigenvalue weighted by molar-refractivity contribution is 7.92. The molecule has 0 bridgehead atoms. The molecule has 0 unspecified atom stereocenters. The van der Waals surface area contributed by atoms with Crippen LogP contribution in [-0.2, 0) is 14.8 Å². The fourth-order valence-corrected chi connectivity index (χ4v) is 4.67. The maximum absolute atomic E-state index is 13.5. The van der Waals surface area contributed by atoms with E-state index in [4.69, 9.17) is 9.47 Å². The predicted molar refractivity (Wildman–Crippen MR) is 134 cm³/mol. The van der Waals surface area contributed by atoms with E-state index in [2.05, 4.69) is 10.5 Å². The van der Waals surface area contributed by atoms with Crippen LogP contribution in [0.3, 0.4) is 0 Å². The Hall–Kier alpha value is -4.45. The lowest BCUT2D eigenvalue weighted by Crippen LogP contribution is -2.39. The summed E-state index contributed by atoms with van der Waals surface area (Å²) in [5, 5.41) is 15.0. The van der Waals surface area contributed by atoms with Gasteiger partial charge in [0.2, 0.25) is 0 Å². The van der Waals surface area contributed by atoms with E-state index in [1.807, 2.05) is 0 Å². The number of anilines is 1. The molecule has 0 saturated heterocycles. The zero-order valence-electron chi connectivity index (χ0n) is 19.7. The molecule has 3 aromatic carbocycles. The maximum atomic E-state index is 13.5. The molecule has 0 atom stereocenters. The fraction of sp³-hybridized carbons (Fsp3) is 0.167. The summed E-state index contributed by atoms with van der Waals surface area (Å²) in [5.74, 6) is -0.0581. The molecule has 0 aliphatic rings. The van der Waals surface area contributed by atoms with Gasteiger partial charge >= 0.3 is 0 Å². The molecule has 0 heterocycles. The van der Waals surface area contributed by atoms with Crippen LogP contribution in [0.15, 0.2) is 82.8 Å². The van der Waals surface area contributed by atoms with Gasteiger partial charge in [-0.15, -0.1) is 0 Å². The number of amides is 1. The number of sulfonamides is 1. The zero-order valence-corrected chi connectivity index (χ0v) is 20.6. The van der Waals surface area contributed by atoms with Crippen LogP contribution in [0.2, 0.25) is 0 Å². The summed E-state index contributed by atoms with van der Waals surface area (Å²) in [6.45, 7) is 0.963. The number of nitrogens with one attached hydrogen (secondary N) is 1. The van der Waals surface area contributed by atoms with E-state index in [0.717, 1.165) is 4.31 Å². The average Bonchev–Trinajstić information content (AvgIpc) is 2.90. The molecule has 12 heteroatoms. The number of hydrazone groups is 1. The van der Waals surface area contributed by atoms with Crippen LogP contribution in [-0.4, -0.2) is 45.7 Å². The van der Waals surface area contributed by atoms with Gasteiger partial charge in [-0.05, 0) is 31.2 Å². The van der Waals surface area contributed by atoms with Crippen molar-refractivity contribution in [3.8, 4) is 11.5 Å². The van der Waals surface area contributed by atoms with Crippen LogP contribution in [0, 0.1) is 10.1 Å². The normalized spacial score (nSPS) is 11.5. The van der Waals surface area contributed by atoms with E-state index >= 15 is 0 Å². The first-order valence-corrected chi connectivity index (χ1v) is 12.0. The van der Waals surface area contributed by atoms with Crippen molar-refractivity contribution in [2.45, 2.75) is 11.8 Å². The second kappa shape index (κ2) is 11.3. The largest absolute Gasteiger partial charge is 0.493 e. The van der Waals surface area contributed by atoms with Gasteiger partial charge in [0.25, 0.3) is 21.6 Å². The smallest absolute Gasteiger partial charge is 0.270 e. The molecule has 36 heavy (non-hydrogen) atoms. The Morgan fingerprint density at radius 1 is 1.00 bits per heavy atom. The van der Waals surface area contributed by atoms with E-state index in [0.29, 0.717) is 17.0 Å². The summed E-state index contributed by atoms with van der Waals surface area (Å²) < 4.78 is 38.4. The summed E-state index contributed by atoms with van der Waals surface area (Å²) in [7, 11) is -1.28. The Kier molecular flexibility index (Phi) is 8.22. The molecular formula is C24H24N4O7S. The van der Waals surface area contributed by atoms with Crippen molar-refractivity contribution in [3.05, 3.63) is 88.5 Å².